The fourth-order valence-electron chi connectivity index (χ4n) is 2.15. The largest absolute Gasteiger partial charge is 0.376 e. The van der Waals surface area contributed by atoms with Gasteiger partial charge in [0, 0.05) is 0 Å². The van der Waals surface area contributed by atoms with Crippen LogP contribution >= 0.6 is 0 Å². The predicted molar refractivity (Wildman–Crippen MR) is 74.9 cm³/mol. The molecule has 0 aliphatic heterocycles. The van der Waals surface area contributed by atoms with Gasteiger partial charge in [0.25, 0.3) is 5.89 Å². The lowest BCUT2D eigenvalue weighted by atomic mass is 9.96. The normalized spacial score (nSPS) is 16.7. The van der Waals surface area contributed by atoms with Crippen molar-refractivity contribution < 1.29 is 13.7 Å². The van der Waals surface area contributed by atoms with Gasteiger partial charge in [-0.15, -0.1) is 0 Å². The summed E-state index contributed by atoms with van der Waals surface area (Å²) >= 11 is 0. The van der Waals surface area contributed by atoms with E-state index in [1.165, 1.54) is 12.5 Å². The molecule has 112 valence electrons. The quantitative estimate of drug-likeness (QED) is 0.916. The lowest BCUT2D eigenvalue weighted by molar-refractivity contribution is -0.00549. The SMILES string of the molecule is Cc1ccc(F)c(-c2nc(C(N)COC3CCC3)no2)c1. The third-order valence-electron chi connectivity index (χ3n) is 3.69. The van der Waals surface area contributed by atoms with Gasteiger partial charge in [-0.1, -0.05) is 16.8 Å². The highest BCUT2D eigenvalue weighted by Crippen LogP contribution is 2.25. The number of hydrogen-bond acceptors (Lipinski definition) is 5. The van der Waals surface area contributed by atoms with E-state index in [4.69, 9.17) is 15.0 Å². The maximum absolute atomic E-state index is 13.8. The third kappa shape index (κ3) is 3.11. The molecule has 3 rings (SSSR count). The molecule has 1 aliphatic rings. The molecular formula is C15H18FN3O2. The minimum atomic E-state index is -0.462. The molecule has 5 nitrogen and oxygen atoms in total. The molecule has 1 heterocycles. The van der Waals surface area contributed by atoms with Crippen LogP contribution in [0.2, 0.25) is 0 Å². The molecule has 0 saturated heterocycles. The number of aromatic nitrogens is 2. The molecule has 1 aromatic heterocycles. The van der Waals surface area contributed by atoms with Crippen molar-refractivity contribution in [2.75, 3.05) is 6.61 Å². The molecule has 21 heavy (non-hydrogen) atoms. The van der Waals surface area contributed by atoms with Gasteiger partial charge in [0.1, 0.15) is 5.82 Å². The summed E-state index contributed by atoms with van der Waals surface area (Å²) in [5, 5.41) is 3.83. The second-order valence-corrected chi connectivity index (χ2v) is 5.43. The van der Waals surface area contributed by atoms with E-state index in [-0.39, 0.29) is 5.89 Å². The standard InChI is InChI=1S/C15H18FN3O2/c1-9-5-6-12(16)11(7-9)15-18-14(19-21-15)13(17)8-20-10-3-2-4-10/h5-7,10,13H,2-4,8,17H2,1H3. The molecule has 6 heteroatoms. The summed E-state index contributed by atoms with van der Waals surface area (Å²) < 4.78 is 24.5. The summed E-state index contributed by atoms with van der Waals surface area (Å²) in [6, 6.07) is 4.28. The first-order chi connectivity index (χ1) is 10.1. The molecule has 1 aliphatic carbocycles. The third-order valence-corrected chi connectivity index (χ3v) is 3.69. The van der Waals surface area contributed by atoms with Gasteiger partial charge < -0.3 is 15.0 Å². The van der Waals surface area contributed by atoms with E-state index >= 15 is 0 Å². The van der Waals surface area contributed by atoms with E-state index in [0.29, 0.717) is 24.1 Å². The summed E-state index contributed by atoms with van der Waals surface area (Å²) in [7, 11) is 0. The Morgan fingerprint density at radius 3 is 3.00 bits per heavy atom. The van der Waals surface area contributed by atoms with Crippen LogP contribution in [-0.4, -0.2) is 22.9 Å². The van der Waals surface area contributed by atoms with E-state index in [0.717, 1.165) is 18.4 Å². The Bertz CT molecular complexity index is 625. The van der Waals surface area contributed by atoms with Crippen molar-refractivity contribution in [1.29, 1.82) is 0 Å². The van der Waals surface area contributed by atoms with Crippen molar-refractivity contribution in [3.05, 3.63) is 35.4 Å². The number of ether oxygens (including phenoxy) is 1. The first-order valence-electron chi connectivity index (χ1n) is 7.11. The van der Waals surface area contributed by atoms with Crippen molar-refractivity contribution >= 4 is 0 Å². The second-order valence-electron chi connectivity index (χ2n) is 5.43. The van der Waals surface area contributed by atoms with Crippen molar-refractivity contribution in [3.63, 3.8) is 0 Å². The summed E-state index contributed by atoms with van der Waals surface area (Å²) in [5.74, 6) is 0.0885. The molecule has 1 fully saturated rings. The zero-order valence-corrected chi connectivity index (χ0v) is 11.9. The Morgan fingerprint density at radius 2 is 2.29 bits per heavy atom. The first kappa shape index (κ1) is 14.2. The molecule has 0 radical (unpaired) electrons. The van der Waals surface area contributed by atoms with Crippen LogP contribution in [0.5, 0.6) is 0 Å². The Hall–Kier alpha value is -1.79. The molecule has 1 unspecified atom stereocenters. The molecule has 0 spiro atoms. The van der Waals surface area contributed by atoms with Crippen LogP contribution in [0, 0.1) is 12.7 Å². The minimum Gasteiger partial charge on any atom is -0.376 e. The van der Waals surface area contributed by atoms with Crippen molar-refractivity contribution in [2.45, 2.75) is 38.3 Å². The van der Waals surface area contributed by atoms with Crippen LogP contribution in [0.4, 0.5) is 4.39 Å². The van der Waals surface area contributed by atoms with Gasteiger partial charge in [0.2, 0.25) is 0 Å². The Kier molecular flexibility index (Phi) is 3.98. The molecule has 0 bridgehead atoms. The number of aryl methyl sites for hydroxylation is 1. The van der Waals surface area contributed by atoms with Gasteiger partial charge in [-0.3, -0.25) is 0 Å². The number of halogens is 1. The lowest BCUT2D eigenvalue weighted by Crippen LogP contribution is -2.27. The van der Waals surface area contributed by atoms with Gasteiger partial charge in [0.05, 0.1) is 24.3 Å². The van der Waals surface area contributed by atoms with Crippen molar-refractivity contribution in [1.82, 2.24) is 10.1 Å². The Labute approximate surface area is 122 Å². The van der Waals surface area contributed by atoms with E-state index in [2.05, 4.69) is 10.1 Å². The maximum atomic E-state index is 13.8. The molecule has 1 aromatic carbocycles. The summed E-state index contributed by atoms with van der Waals surface area (Å²) in [4.78, 5) is 4.18. The molecule has 1 atom stereocenters. The van der Waals surface area contributed by atoms with Crippen LogP contribution in [0.25, 0.3) is 11.5 Å². The predicted octanol–water partition coefficient (Wildman–Crippen LogP) is 2.75. The molecule has 2 N–H and O–H groups in total. The highest BCUT2D eigenvalue weighted by molar-refractivity contribution is 5.55. The Morgan fingerprint density at radius 1 is 1.48 bits per heavy atom. The zero-order valence-electron chi connectivity index (χ0n) is 11.9. The first-order valence-corrected chi connectivity index (χ1v) is 7.11. The molecule has 1 saturated carbocycles. The van der Waals surface area contributed by atoms with E-state index in [9.17, 15) is 4.39 Å². The number of nitrogens with zero attached hydrogens (tertiary/aromatic N) is 2. The van der Waals surface area contributed by atoms with E-state index in [1.54, 1.807) is 12.1 Å². The molecule has 2 aromatic rings. The average Bonchev–Trinajstić information content (AvgIpc) is 2.89. The van der Waals surface area contributed by atoms with Crippen LogP contribution in [0.15, 0.2) is 22.7 Å². The molecule has 0 amide bonds. The monoisotopic (exact) mass is 291 g/mol. The van der Waals surface area contributed by atoms with Crippen molar-refractivity contribution in [2.24, 2.45) is 5.73 Å². The summed E-state index contributed by atoms with van der Waals surface area (Å²) in [5.41, 5.74) is 7.19. The fourth-order valence-corrected chi connectivity index (χ4v) is 2.15. The van der Waals surface area contributed by atoms with Crippen LogP contribution in [0.3, 0.4) is 0 Å². The number of rotatable bonds is 5. The van der Waals surface area contributed by atoms with Gasteiger partial charge in [-0.25, -0.2) is 4.39 Å². The smallest absolute Gasteiger partial charge is 0.260 e. The van der Waals surface area contributed by atoms with Crippen LogP contribution in [-0.2, 0) is 4.74 Å². The average molecular weight is 291 g/mol. The number of benzene rings is 1. The van der Waals surface area contributed by atoms with Crippen molar-refractivity contribution in [3.8, 4) is 11.5 Å². The van der Waals surface area contributed by atoms with Crippen LogP contribution in [0.1, 0.15) is 36.7 Å². The minimum absolute atomic E-state index is 0.144. The van der Waals surface area contributed by atoms with E-state index < -0.39 is 11.9 Å². The zero-order chi connectivity index (χ0) is 14.8. The topological polar surface area (TPSA) is 74.2 Å². The van der Waals surface area contributed by atoms with Crippen LogP contribution < -0.4 is 5.73 Å². The van der Waals surface area contributed by atoms with E-state index in [1.807, 2.05) is 6.92 Å². The highest BCUT2D eigenvalue weighted by Gasteiger charge is 2.22. The number of nitrogens with two attached hydrogens (primary N) is 1. The fraction of sp³-hybridized carbons (Fsp3) is 0.467. The summed E-state index contributed by atoms with van der Waals surface area (Å²) in [6.07, 6.45) is 3.67. The Balaban J connectivity index is 1.71. The summed E-state index contributed by atoms with van der Waals surface area (Å²) in [6.45, 7) is 2.22. The highest BCUT2D eigenvalue weighted by atomic mass is 19.1. The van der Waals surface area contributed by atoms with Gasteiger partial charge >= 0.3 is 0 Å². The lowest BCUT2D eigenvalue weighted by Gasteiger charge is -2.26. The van der Waals surface area contributed by atoms with Gasteiger partial charge in [-0.2, -0.15) is 4.98 Å². The molecular weight excluding hydrogens is 273 g/mol. The second kappa shape index (κ2) is 5.91. The maximum Gasteiger partial charge on any atom is 0.260 e. The number of hydrogen-bond donors (Lipinski definition) is 1. The van der Waals surface area contributed by atoms with Gasteiger partial charge in [0.15, 0.2) is 5.82 Å². The van der Waals surface area contributed by atoms with Gasteiger partial charge in [-0.05, 0) is 38.3 Å².